The Morgan fingerprint density at radius 1 is 0.667 bits per heavy atom. The highest BCUT2D eigenvalue weighted by molar-refractivity contribution is 5.93. The number of phenols is 1. The summed E-state index contributed by atoms with van der Waals surface area (Å²) in [5, 5.41) is 27.1. The Bertz CT molecular complexity index is 1310. The molecule has 0 aliphatic carbocycles. The third kappa shape index (κ3) is 10.6. The standard InChI is InChI=1S/C32H37N3O7/c1-21(2)17-28(31(39)40)34-29(37)26(19-23-13-15-25(36)16-14-23)33-30(38)27(18-22-9-5-3-6-10-22)35-32(41)42-20-24-11-7-4-8-12-24/h3-16,21,26-28,36H,17-20H2,1-2H3,(H,33,38)(H,34,37)(H,35,41)(H,39,40). The maximum Gasteiger partial charge on any atom is 0.408 e. The molecule has 5 N–H and O–H groups in total. The number of alkyl carbamates (subject to hydrolysis) is 1. The molecule has 3 unspecified atom stereocenters. The number of nitrogens with one attached hydrogen (secondary N) is 3. The van der Waals surface area contributed by atoms with Gasteiger partial charge in [0.15, 0.2) is 0 Å². The molecule has 0 aliphatic rings. The number of hydrogen-bond donors (Lipinski definition) is 5. The maximum absolute atomic E-state index is 13.6. The van der Waals surface area contributed by atoms with Gasteiger partial charge < -0.3 is 30.9 Å². The van der Waals surface area contributed by atoms with Crippen molar-refractivity contribution < 1.29 is 34.1 Å². The Morgan fingerprint density at radius 2 is 1.14 bits per heavy atom. The van der Waals surface area contributed by atoms with Gasteiger partial charge in [0.05, 0.1) is 0 Å². The zero-order valence-electron chi connectivity index (χ0n) is 23.7. The van der Waals surface area contributed by atoms with Gasteiger partial charge >= 0.3 is 12.1 Å². The molecular formula is C32H37N3O7. The average molecular weight is 576 g/mol. The molecule has 0 heterocycles. The fourth-order valence-corrected chi connectivity index (χ4v) is 4.28. The molecule has 0 bridgehead atoms. The summed E-state index contributed by atoms with van der Waals surface area (Å²) in [6.45, 7) is 3.69. The summed E-state index contributed by atoms with van der Waals surface area (Å²) in [7, 11) is 0. The fraction of sp³-hybridized carbons (Fsp3) is 0.312. The number of amides is 3. The summed E-state index contributed by atoms with van der Waals surface area (Å²) in [6, 6.07) is 20.8. The Labute approximate surface area is 245 Å². The largest absolute Gasteiger partial charge is 0.508 e. The van der Waals surface area contributed by atoms with E-state index in [-0.39, 0.29) is 37.5 Å². The highest BCUT2D eigenvalue weighted by Crippen LogP contribution is 2.13. The van der Waals surface area contributed by atoms with E-state index in [1.807, 2.05) is 38.1 Å². The number of carbonyl (C=O) groups is 4. The number of carbonyl (C=O) groups excluding carboxylic acids is 3. The number of aliphatic carboxylic acids is 1. The van der Waals surface area contributed by atoms with Crippen LogP contribution in [0.25, 0.3) is 0 Å². The summed E-state index contributed by atoms with van der Waals surface area (Å²) < 4.78 is 5.32. The summed E-state index contributed by atoms with van der Waals surface area (Å²) in [5.74, 6) is -2.48. The van der Waals surface area contributed by atoms with E-state index in [0.29, 0.717) is 5.56 Å². The van der Waals surface area contributed by atoms with E-state index in [1.54, 1.807) is 48.5 Å². The Morgan fingerprint density at radius 3 is 1.67 bits per heavy atom. The predicted molar refractivity (Wildman–Crippen MR) is 156 cm³/mol. The first-order chi connectivity index (χ1) is 20.1. The first-order valence-corrected chi connectivity index (χ1v) is 13.7. The minimum atomic E-state index is -1.18. The second-order valence-electron chi connectivity index (χ2n) is 10.4. The van der Waals surface area contributed by atoms with E-state index in [2.05, 4.69) is 16.0 Å². The van der Waals surface area contributed by atoms with Gasteiger partial charge in [0.2, 0.25) is 11.8 Å². The highest BCUT2D eigenvalue weighted by Gasteiger charge is 2.30. The fourth-order valence-electron chi connectivity index (χ4n) is 4.28. The van der Waals surface area contributed by atoms with Crippen molar-refractivity contribution in [2.24, 2.45) is 5.92 Å². The zero-order valence-corrected chi connectivity index (χ0v) is 23.7. The van der Waals surface area contributed by atoms with Crippen LogP contribution in [0.2, 0.25) is 0 Å². The summed E-state index contributed by atoms with van der Waals surface area (Å²) in [6.07, 6.45) is -0.474. The van der Waals surface area contributed by atoms with Crippen molar-refractivity contribution in [3.63, 3.8) is 0 Å². The van der Waals surface area contributed by atoms with E-state index in [1.165, 1.54) is 12.1 Å². The van der Waals surface area contributed by atoms with Gasteiger partial charge in [0.25, 0.3) is 0 Å². The van der Waals surface area contributed by atoms with Crippen molar-refractivity contribution in [2.75, 3.05) is 0 Å². The number of hydrogen-bond acceptors (Lipinski definition) is 6. The van der Waals surface area contributed by atoms with Gasteiger partial charge in [0, 0.05) is 12.8 Å². The second-order valence-corrected chi connectivity index (χ2v) is 10.4. The monoisotopic (exact) mass is 575 g/mol. The van der Waals surface area contributed by atoms with E-state index >= 15 is 0 Å². The molecule has 10 heteroatoms. The number of rotatable bonds is 14. The van der Waals surface area contributed by atoms with Crippen LogP contribution >= 0.6 is 0 Å². The SMILES string of the molecule is CC(C)CC(NC(=O)C(Cc1ccc(O)cc1)NC(=O)C(Cc1ccccc1)NC(=O)OCc1ccccc1)C(=O)O. The van der Waals surface area contributed by atoms with Gasteiger partial charge in [-0.2, -0.15) is 0 Å². The average Bonchev–Trinajstić information content (AvgIpc) is 2.97. The third-order valence-electron chi connectivity index (χ3n) is 6.43. The molecule has 0 aromatic heterocycles. The molecule has 42 heavy (non-hydrogen) atoms. The highest BCUT2D eigenvalue weighted by atomic mass is 16.5. The Kier molecular flexibility index (Phi) is 11.9. The molecule has 0 spiro atoms. The molecule has 3 aromatic rings. The molecule has 0 radical (unpaired) electrons. The van der Waals surface area contributed by atoms with Gasteiger partial charge in [-0.15, -0.1) is 0 Å². The molecule has 3 rings (SSSR count). The lowest BCUT2D eigenvalue weighted by Crippen LogP contribution is -2.57. The van der Waals surface area contributed by atoms with Crippen molar-refractivity contribution >= 4 is 23.9 Å². The lowest BCUT2D eigenvalue weighted by atomic mass is 10.0. The maximum atomic E-state index is 13.6. The van der Waals surface area contributed by atoms with Crippen LogP contribution in [0.3, 0.4) is 0 Å². The van der Waals surface area contributed by atoms with E-state index in [9.17, 15) is 29.4 Å². The second kappa shape index (κ2) is 15.8. The van der Waals surface area contributed by atoms with E-state index in [0.717, 1.165) is 11.1 Å². The van der Waals surface area contributed by atoms with Crippen LogP contribution in [-0.4, -0.2) is 52.2 Å². The van der Waals surface area contributed by atoms with Crippen LogP contribution in [0.5, 0.6) is 5.75 Å². The summed E-state index contributed by atoms with van der Waals surface area (Å²) in [4.78, 5) is 51.5. The van der Waals surface area contributed by atoms with E-state index < -0.39 is 42.0 Å². The molecule has 222 valence electrons. The molecule has 10 nitrogen and oxygen atoms in total. The first kappa shape index (κ1) is 31.7. The van der Waals surface area contributed by atoms with Gasteiger partial charge in [-0.25, -0.2) is 9.59 Å². The molecule has 3 atom stereocenters. The van der Waals surface area contributed by atoms with Crippen LogP contribution in [0.1, 0.15) is 37.0 Å². The quantitative estimate of drug-likeness (QED) is 0.197. The van der Waals surface area contributed by atoms with Gasteiger partial charge in [0.1, 0.15) is 30.5 Å². The minimum Gasteiger partial charge on any atom is -0.508 e. The molecule has 3 amide bonds. The number of ether oxygens (including phenoxy) is 1. The topological polar surface area (TPSA) is 154 Å². The lowest BCUT2D eigenvalue weighted by Gasteiger charge is -2.25. The van der Waals surface area contributed by atoms with Gasteiger partial charge in [-0.3, -0.25) is 9.59 Å². The number of carboxylic acids is 1. The molecular weight excluding hydrogens is 538 g/mol. The molecule has 0 fully saturated rings. The van der Waals surface area contributed by atoms with Crippen LogP contribution < -0.4 is 16.0 Å². The van der Waals surface area contributed by atoms with Crippen LogP contribution in [0, 0.1) is 5.92 Å². The Hall–Kier alpha value is -4.86. The molecule has 0 saturated heterocycles. The van der Waals surface area contributed by atoms with Crippen molar-refractivity contribution in [3.05, 3.63) is 102 Å². The van der Waals surface area contributed by atoms with Crippen LogP contribution in [0.4, 0.5) is 4.79 Å². The normalized spacial score (nSPS) is 12.9. The molecule has 3 aromatic carbocycles. The smallest absolute Gasteiger partial charge is 0.408 e. The third-order valence-corrected chi connectivity index (χ3v) is 6.43. The van der Waals surface area contributed by atoms with Gasteiger partial charge in [-0.1, -0.05) is 86.6 Å². The predicted octanol–water partition coefficient (Wildman–Crippen LogP) is 3.57. The first-order valence-electron chi connectivity index (χ1n) is 13.7. The van der Waals surface area contributed by atoms with Crippen molar-refractivity contribution in [2.45, 2.75) is 57.8 Å². The molecule has 0 saturated carbocycles. The van der Waals surface area contributed by atoms with Crippen LogP contribution in [-0.2, 0) is 38.6 Å². The van der Waals surface area contributed by atoms with Crippen LogP contribution in [0.15, 0.2) is 84.9 Å². The van der Waals surface area contributed by atoms with Crippen molar-refractivity contribution in [1.29, 1.82) is 0 Å². The summed E-state index contributed by atoms with van der Waals surface area (Å²) in [5.41, 5.74) is 2.17. The number of carboxylic acid groups (broad SMARTS) is 1. The summed E-state index contributed by atoms with van der Waals surface area (Å²) >= 11 is 0. The van der Waals surface area contributed by atoms with Gasteiger partial charge in [-0.05, 0) is 41.2 Å². The zero-order chi connectivity index (χ0) is 30.5. The van der Waals surface area contributed by atoms with Crippen molar-refractivity contribution in [3.8, 4) is 5.75 Å². The number of benzene rings is 3. The minimum absolute atomic E-state index is 0.00195. The number of aromatic hydroxyl groups is 1. The van der Waals surface area contributed by atoms with Crippen molar-refractivity contribution in [1.82, 2.24) is 16.0 Å². The number of phenolic OH excluding ortho intramolecular Hbond substituents is 1. The Balaban J connectivity index is 1.80. The van der Waals surface area contributed by atoms with E-state index in [4.69, 9.17) is 4.74 Å². The lowest BCUT2D eigenvalue weighted by molar-refractivity contribution is -0.142. The molecule has 0 aliphatic heterocycles.